The van der Waals surface area contributed by atoms with Crippen LogP contribution in [0.2, 0.25) is 0 Å². The van der Waals surface area contributed by atoms with Crippen molar-refractivity contribution in [3.05, 3.63) is 60.2 Å². The van der Waals surface area contributed by atoms with Crippen molar-refractivity contribution in [2.75, 3.05) is 24.9 Å². The Morgan fingerprint density at radius 3 is 2.41 bits per heavy atom. The third-order valence-corrected chi connectivity index (χ3v) is 5.91. The molecule has 0 bridgehead atoms. The molecule has 8 heteroatoms. The van der Waals surface area contributed by atoms with Crippen LogP contribution < -0.4 is 10.0 Å². The maximum absolute atomic E-state index is 12.7. The summed E-state index contributed by atoms with van der Waals surface area (Å²) in [7, 11) is -1.75. The fourth-order valence-electron chi connectivity index (χ4n) is 3.21. The number of likely N-dealkylation sites (N-methyl/N-ethyl adjacent to an activating group) is 1. The first-order valence-electron chi connectivity index (χ1n) is 8.65. The Morgan fingerprint density at radius 1 is 1.11 bits per heavy atom. The second-order valence-electron chi connectivity index (χ2n) is 6.35. The van der Waals surface area contributed by atoms with Gasteiger partial charge in [-0.05, 0) is 56.3 Å². The van der Waals surface area contributed by atoms with E-state index in [0.29, 0.717) is 11.3 Å². The summed E-state index contributed by atoms with van der Waals surface area (Å²) >= 11 is 0. The molecule has 1 amide bonds. The lowest BCUT2D eigenvalue weighted by molar-refractivity contribution is 0.0737. The second-order valence-corrected chi connectivity index (χ2v) is 8.03. The highest BCUT2D eigenvalue weighted by molar-refractivity contribution is 7.92. The van der Waals surface area contributed by atoms with Gasteiger partial charge in [0.2, 0.25) is 0 Å². The Morgan fingerprint density at radius 2 is 1.78 bits per heavy atom. The molecule has 0 saturated carbocycles. The molecule has 1 unspecified atom stereocenters. The minimum atomic E-state index is -3.63. The summed E-state index contributed by atoms with van der Waals surface area (Å²) < 4.78 is 27.2. The minimum absolute atomic E-state index is 0. The summed E-state index contributed by atoms with van der Waals surface area (Å²) in [5.41, 5.74) is 0.995. The predicted octanol–water partition coefficient (Wildman–Crippen LogP) is 2.73. The van der Waals surface area contributed by atoms with Crippen LogP contribution in [0.4, 0.5) is 5.69 Å². The van der Waals surface area contributed by atoms with Crippen molar-refractivity contribution in [1.82, 2.24) is 10.2 Å². The van der Waals surface area contributed by atoms with Gasteiger partial charge in [-0.15, -0.1) is 12.4 Å². The zero-order valence-corrected chi connectivity index (χ0v) is 16.7. The van der Waals surface area contributed by atoms with Gasteiger partial charge in [0.15, 0.2) is 0 Å². The van der Waals surface area contributed by atoms with Crippen LogP contribution in [0, 0.1) is 0 Å². The number of carbonyl (C=O) groups is 1. The van der Waals surface area contributed by atoms with E-state index in [4.69, 9.17) is 0 Å². The predicted molar refractivity (Wildman–Crippen MR) is 109 cm³/mol. The molecule has 0 aliphatic carbocycles. The van der Waals surface area contributed by atoms with Gasteiger partial charge in [-0.2, -0.15) is 0 Å². The number of rotatable bonds is 6. The topological polar surface area (TPSA) is 78.5 Å². The van der Waals surface area contributed by atoms with Crippen molar-refractivity contribution in [2.24, 2.45) is 0 Å². The number of anilines is 1. The van der Waals surface area contributed by atoms with Gasteiger partial charge in [0.25, 0.3) is 15.9 Å². The van der Waals surface area contributed by atoms with Gasteiger partial charge in [0.1, 0.15) is 0 Å². The van der Waals surface area contributed by atoms with Crippen LogP contribution >= 0.6 is 12.4 Å². The molecule has 1 saturated heterocycles. The zero-order chi connectivity index (χ0) is 18.6. The highest BCUT2D eigenvalue weighted by Gasteiger charge is 2.28. The largest absolute Gasteiger partial charge is 0.334 e. The molecule has 1 atom stereocenters. The molecule has 1 aliphatic heterocycles. The van der Waals surface area contributed by atoms with Crippen LogP contribution in [0.1, 0.15) is 23.2 Å². The number of halogens is 1. The van der Waals surface area contributed by atoms with Crippen molar-refractivity contribution in [3.8, 4) is 0 Å². The number of benzene rings is 2. The summed E-state index contributed by atoms with van der Waals surface area (Å²) in [6.07, 6.45) is 2.01. The lowest BCUT2D eigenvalue weighted by atomic mass is 10.1. The molecule has 3 rings (SSSR count). The number of likely N-dealkylation sites (tertiary alicyclic amines) is 1. The summed E-state index contributed by atoms with van der Waals surface area (Å²) in [5, 5.41) is 3.13. The number of hydrogen-bond acceptors (Lipinski definition) is 4. The van der Waals surface area contributed by atoms with Crippen LogP contribution in [0.25, 0.3) is 0 Å². The monoisotopic (exact) mass is 409 g/mol. The molecule has 1 aliphatic rings. The van der Waals surface area contributed by atoms with E-state index >= 15 is 0 Å². The standard InChI is InChI=1S/C19H23N3O3S.ClH/c1-20-14-17-6-5-13-22(17)19(23)15-9-11-16(12-10-15)21-26(24,25)18-7-3-2-4-8-18;/h2-4,7-12,17,20-21H,5-6,13-14H2,1H3;1H. The number of carbonyl (C=O) groups excluding carboxylic acids is 1. The smallest absolute Gasteiger partial charge is 0.261 e. The summed E-state index contributed by atoms with van der Waals surface area (Å²) in [5.74, 6) is -0.0137. The number of hydrogen-bond donors (Lipinski definition) is 2. The Balaban J connectivity index is 0.00000261. The molecule has 2 aromatic rings. The molecule has 27 heavy (non-hydrogen) atoms. The van der Waals surface area contributed by atoms with Gasteiger partial charge in [-0.1, -0.05) is 18.2 Å². The molecule has 2 aromatic carbocycles. The third kappa shape index (κ3) is 5.00. The van der Waals surface area contributed by atoms with E-state index in [9.17, 15) is 13.2 Å². The van der Waals surface area contributed by atoms with E-state index in [2.05, 4.69) is 10.0 Å². The van der Waals surface area contributed by atoms with Crippen LogP contribution in [-0.2, 0) is 10.0 Å². The van der Waals surface area contributed by atoms with Gasteiger partial charge in [0.05, 0.1) is 4.90 Å². The quantitative estimate of drug-likeness (QED) is 0.768. The maximum atomic E-state index is 12.7. The molecule has 6 nitrogen and oxygen atoms in total. The molecule has 1 heterocycles. The van der Waals surface area contributed by atoms with Gasteiger partial charge in [-0.25, -0.2) is 8.42 Å². The van der Waals surface area contributed by atoms with Crippen LogP contribution in [0.3, 0.4) is 0 Å². The van der Waals surface area contributed by atoms with Gasteiger partial charge >= 0.3 is 0 Å². The molecule has 0 aromatic heterocycles. The SMILES string of the molecule is CNCC1CCCN1C(=O)c1ccc(NS(=O)(=O)c2ccccc2)cc1.Cl. The van der Waals surface area contributed by atoms with Crippen molar-refractivity contribution >= 4 is 34.0 Å². The Labute approximate surface area is 166 Å². The van der Waals surface area contributed by atoms with Crippen LogP contribution in [0.5, 0.6) is 0 Å². The van der Waals surface area contributed by atoms with Gasteiger partial charge in [0, 0.05) is 30.4 Å². The van der Waals surface area contributed by atoms with E-state index in [0.717, 1.165) is 25.9 Å². The lowest BCUT2D eigenvalue weighted by Gasteiger charge is -2.24. The van der Waals surface area contributed by atoms with E-state index in [-0.39, 0.29) is 29.3 Å². The Kier molecular flexibility index (Phi) is 7.24. The molecule has 1 fully saturated rings. The zero-order valence-electron chi connectivity index (χ0n) is 15.1. The molecule has 0 spiro atoms. The Bertz CT molecular complexity index is 858. The summed E-state index contributed by atoms with van der Waals surface area (Å²) in [6, 6.07) is 15.0. The highest BCUT2D eigenvalue weighted by Crippen LogP contribution is 2.21. The van der Waals surface area contributed by atoms with Crippen LogP contribution in [-0.4, -0.2) is 45.4 Å². The van der Waals surface area contributed by atoms with Crippen molar-refractivity contribution < 1.29 is 13.2 Å². The lowest BCUT2D eigenvalue weighted by Crippen LogP contribution is -2.40. The first-order chi connectivity index (χ1) is 12.5. The molecule has 146 valence electrons. The fraction of sp³-hybridized carbons (Fsp3) is 0.316. The average Bonchev–Trinajstić information content (AvgIpc) is 3.11. The van der Waals surface area contributed by atoms with E-state index < -0.39 is 10.0 Å². The van der Waals surface area contributed by atoms with E-state index in [1.807, 2.05) is 11.9 Å². The molecular weight excluding hydrogens is 386 g/mol. The first-order valence-corrected chi connectivity index (χ1v) is 10.1. The second kappa shape index (κ2) is 9.21. The summed E-state index contributed by atoms with van der Waals surface area (Å²) in [6.45, 7) is 1.54. The minimum Gasteiger partial charge on any atom is -0.334 e. The molecule has 2 N–H and O–H groups in total. The van der Waals surface area contributed by atoms with Crippen molar-refractivity contribution in [2.45, 2.75) is 23.8 Å². The number of amides is 1. The van der Waals surface area contributed by atoms with Crippen molar-refractivity contribution in [1.29, 1.82) is 0 Å². The fourth-order valence-corrected chi connectivity index (χ4v) is 4.29. The maximum Gasteiger partial charge on any atom is 0.261 e. The van der Waals surface area contributed by atoms with E-state index in [1.165, 1.54) is 12.1 Å². The average molecular weight is 410 g/mol. The summed E-state index contributed by atoms with van der Waals surface area (Å²) in [4.78, 5) is 14.8. The van der Waals surface area contributed by atoms with Gasteiger partial charge in [-0.3, -0.25) is 9.52 Å². The van der Waals surface area contributed by atoms with E-state index in [1.54, 1.807) is 42.5 Å². The normalized spacial score (nSPS) is 16.6. The number of sulfonamides is 1. The molecular formula is C19H24ClN3O3S. The van der Waals surface area contributed by atoms with Crippen molar-refractivity contribution in [3.63, 3.8) is 0 Å². The highest BCUT2D eigenvalue weighted by atomic mass is 35.5. The molecule has 0 radical (unpaired) electrons. The third-order valence-electron chi connectivity index (χ3n) is 4.52. The van der Waals surface area contributed by atoms with Crippen LogP contribution in [0.15, 0.2) is 59.5 Å². The number of nitrogens with one attached hydrogen (secondary N) is 2. The van der Waals surface area contributed by atoms with Gasteiger partial charge < -0.3 is 10.2 Å². The Hall–Kier alpha value is -2.09. The first kappa shape index (κ1) is 21.2. The number of nitrogens with zero attached hydrogens (tertiary/aromatic N) is 1.